The molecule has 0 radical (unpaired) electrons. The number of H-pyrrole nitrogens is 1. The fraction of sp³-hybridized carbons (Fsp3) is 0.526. The van der Waals surface area contributed by atoms with E-state index in [1.54, 1.807) is 0 Å². The third-order valence-electron chi connectivity index (χ3n) is 4.73. The Hall–Kier alpha value is -4.05. The molecular weight excluding hydrogens is 470 g/mol. The summed E-state index contributed by atoms with van der Waals surface area (Å²) < 4.78 is 0. The molecule has 0 saturated heterocycles. The number of primary amides is 1. The van der Waals surface area contributed by atoms with Crippen molar-refractivity contribution in [3.8, 4) is 0 Å². The molecule has 16 nitrogen and oxygen atoms in total. The predicted molar refractivity (Wildman–Crippen MR) is 116 cm³/mol. The van der Waals surface area contributed by atoms with E-state index in [4.69, 9.17) is 16.6 Å². The van der Waals surface area contributed by atoms with Gasteiger partial charge in [0, 0.05) is 31.2 Å². The Bertz CT molecular complexity index is 906. The smallest absolute Gasteiger partial charge is 0.326 e. The van der Waals surface area contributed by atoms with E-state index in [1.165, 1.54) is 12.5 Å². The quantitative estimate of drug-likeness (QED) is 0.105. The summed E-state index contributed by atoms with van der Waals surface area (Å²) in [6, 6.07) is -5.71. The van der Waals surface area contributed by atoms with Gasteiger partial charge in [-0.25, -0.2) is 9.78 Å². The summed E-state index contributed by atoms with van der Waals surface area (Å²) in [5.41, 5.74) is 11.1. The number of hydrogen-bond acceptors (Lipinski definition) is 9. The number of carboxylic acids is 2. The van der Waals surface area contributed by atoms with Crippen LogP contribution < -0.4 is 27.4 Å². The van der Waals surface area contributed by atoms with Crippen molar-refractivity contribution in [2.24, 2.45) is 11.5 Å². The van der Waals surface area contributed by atoms with Crippen LogP contribution in [0.1, 0.15) is 31.4 Å². The van der Waals surface area contributed by atoms with Crippen molar-refractivity contribution in [2.45, 2.75) is 56.3 Å². The minimum Gasteiger partial charge on any atom is -0.481 e. The van der Waals surface area contributed by atoms with E-state index in [2.05, 4.69) is 25.9 Å². The summed E-state index contributed by atoms with van der Waals surface area (Å²) in [6.07, 6.45) is 1.28. The van der Waals surface area contributed by atoms with Gasteiger partial charge < -0.3 is 47.7 Å². The summed E-state index contributed by atoms with van der Waals surface area (Å²) in [6.45, 7) is -0.925. The largest absolute Gasteiger partial charge is 0.481 e. The maximum Gasteiger partial charge on any atom is 0.326 e. The Morgan fingerprint density at radius 3 is 2.03 bits per heavy atom. The maximum absolute atomic E-state index is 12.7. The highest BCUT2D eigenvalue weighted by Gasteiger charge is 2.30. The molecule has 4 amide bonds. The molecule has 1 aromatic heterocycles. The van der Waals surface area contributed by atoms with Crippen molar-refractivity contribution in [3.63, 3.8) is 0 Å². The molecule has 0 aliphatic rings. The van der Waals surface area contributed by atoms with Gasteiger partial charge in [0.15, 0.2) is 0 Å². The third-order valence-corrected chi connectivity index (χ3v) is 4.73. The number of carbonyl (C=O) groups excluding carboxylic acids is 4. The van der Waals surface area contributed by atoms with Crippen molar-refractivity contribution in [2.75, 3.05) is 6.61 Å². The first kappa shape index (κ1) is 29.0. The van der Waals surface area contributed by atoms with Gasteiger partial charge >= 0.3 is 11.9 Å². The molecule has 1 heterocycles. The van der Waals surface area contributed by atoms with Gasteiger partial charge in [-0.2, -0.15) is 0 Å². The van der Waals surface area contributed by atoms with Crippen LogP contribution in [0.4, 0.5) is 0 Å². The minimum atomic E-state index is -1.61. The van der Waals surface area contributed by atoms with Crippen LogP contribution >= 0.6 is 0 Å². The lowest BCUT2D eigenvalue weighted by atomic mass is 10.1. The van der Waals surface area contributed by atoms with E-state index in [0.717, 1.165) is 0 Å². The lowest BCUT2D eigenvalue weighted by Crippen LogP contribution is -2.58. The number of hydrogen-bond donors (Lipinski definition) is 9. The molecule has 0 bridgehead atoms. The van der Waals surface area contributed by atoms with Gasteiger partial charge in [0.25, 0.3) is 0 Å². The van der Waals surface area contributed by atoms with Crippen molar-refractivity contribution >= 4 is 35.6 Å². The average Bonchev–Trinajstić information content (AvgIpc) is 3.30. The standard InChI is InChI=1S/C19H29N7O9/c20-10(1-3-14(21)28)16(31)24-11(2-4-15(29)30)17(32)26-13(7-27)18(33)25-12(19(34)35)5-9-6-22-8-23-9/h6,8,10-13,27H,1-5,7,20H2,(H2,21,28)(H,22,23)(H,24,31)(H,25,33)(H,26,32)(H,29,30)(H,34,35). The molecule has 4 atom stereocenters. The van der Waals surface area contributed by atoms with Crippen molar-refractivity contribution < 1.29 is 44.1 Å². The predicted octanol–water partition coefficient (Wildman–Crippen LogP) is -4.06. The molecule has 35 heavy (non-hydrogen) atoms. The lowest BCUT2D eigenvalue weighted by Gasteiger charge is -2.24. The molecule has 194 valence electrons. The van der Waals surface area contributed by atoms with Gasteiger partial charge in [0.1, 0.15) is 18.1 Å². The van der Waals surface area contributed by atoms with Crippen LogP contribution in [0.5, 0.6) is 0 Å². The fourth-order valence-electron chi connectivity index (χ4n) is 2.80. The second-order valence-electron chi connectivity index (χ2n) is 7.53. The van der Waals surface area contributed by atoms with Crippen LogP contribution in [0.25, 0.3) is 0 Å². The zero-order chi connectivity index (χ0) is 26.5. The number of imidazole rings is 1. The Kier molecular flexibility index (Phi) is 11.8. The zero-order valence-electron chi connectivity index (χ0n) is 18.6. The SMILES string of the molecule is NC(=O)CCC(N)C(=O)NC(CCC(=O)O)C(=O)NC(CO)C(=O)NC(Cc1cnc[nH]1)C(=O)O. The number of aromatic nitrogens is 2. The molecule has 0 aliphatic heterocycles. The fourth-order valence-corrected chi connectivity index (χ4v) is 2.80. The molecule has 0 aliphatic carbocycles. The number of aliphatic carboxylic acids is 2. The summed E-state index contributed by atoms with van der Waals surface area (Å²) in [7, 11) is 0. The Labute approximate surface area is 198 Å². The normalized spacial score (nSPS) is 14.1. The summed E-state index contributed by atoms with van der Waals surface area (Å²) >= 11 is 0. The van der Waals surface area contributed by atoms with Crippen LogP contribution in [-0.2, 0) is 35.2 Å². The number of rotatable bonds is 16. The molecule has 0 aromatic carbocycles. The number of aliphatic hydroxyl groups excluding tert-OH is 1. The summed E-state index contributed by atoms with van der Waals surface area (Å²) in [4.78, 5) is 77.2. The van der Waals surface area contributed by atoms with Gasteiger partial charge in [-0.15, -0.1) is 0 Å². The molecule has 1 rings (SSSR count). The van der Waals surface area contributed by atoms with Gasteiger partial charge in [-0.1, -0.05) is 0 Å². The number of amides is 4. The van der Waals surface area contributed by atoms with Crippen molar-refractivity contribution in [1.29, 1.82) is 0 Å². The highest BCUT2D eigenvalue weighted by molar-refractivity contribution is 5.94. The van der Waals surface area contributed by atoms with Crippen LogP contribution in [-0.4, -0.2) is 91.6 Å². The van der Waals surface area contributed by atoms with Gasteiger partial charge in [-0.05, 0) is 12.8 Å². The van der Waals surface area contributed by atoms with Gasteiger partial charge in [-0.3, -0.25) is 24.0 Å². The first-order chi connectivity index (χ1) is 16.4. The van der Waals surface area contributed by atoms with E-state index in [9.17, 15) is 39.0 Å². The molecule has 0 spiro atoms. The van der Waals surface area contributed by atoms with E-state index >= 15 is 0 Å². The molecule has 1 aromatic rings. The monoisotopic (exact) mass is 499 g/mol. The number of aromatic amines is 1. The molecule has 16 heteroatoms. The number of aliphatic hydroxyl groups is 1. The molecule has 4 unspecified atom stereocenters. The Morgan fingerprint density at radius 1 is 0.914 bits per heavy atom. The summed E-state index contributed by atoms with van der Waals surface area (Å²) in [5, 5.41) is 34.4. The second kappa shape index (κ2) is 14.3. The number of nitrogens with one attached hydrogen (secondary N) is 4. The van der Waals surface area contributed by atoms with E-state index in [1.807, 2.05) is 0 Å². The van der Waals surface area contributed by atoms with Gasteiger partial charge in [0.2, 0.25) is 23.6 Å². The second-order valence-corrected chi connectivity index (χ2v) is 7.53. The molecule has 0 saturated carbocycles. The molecule has 11 N–H and O–H groups in total. The van der Waals surface area contributed by atoms with E-state index < -0.39 is 72.8 Å². The minimum absolute atomic E-state index is 0.122. The highest BCUT2D eigenvalue weighted by Crippen LogP contribution is 2.03. The van der Waals surface area contributed by atoms with Crippen LogP contribution in [0, 0.1) is 0 Å². The number of carboxylic acid groups (broad SMARTS) is 2. The molecule has 0 fully saturated rings. The third kappa shape index (κ3) is 10.6. The van der Waals surface area contributed by atoms with Gasteiger partial charge in [0.05, 0.1) is 19.0 Å². The number of nitrogens with two attached hydrogens (primary N) is 2. The van der Waals surface area contributed by atoms with Crippen molar-refractivity contribution in [3.05, 3.63) is 18.2 Å². The average molecular weight is 499 g/mol. The van der Waals surface area contributed by atoms with Crippen LogP contribution in [0.2, 0.25) is 0 Å². The number of carbonyl (C=O) groups is 6. The Morgan fingerprint density at radius 2 is 1.51 bits per heavy atom. The highest BCUT2D eigenvalue weighted by atomic mass is 16.4. The van der Waals surface area contributed by atoms with Crippen LogP contribution in [0.3, 0.4) is 0 Å². The molecular formula is C19H29N7O9. The van der Waals surface area contributed by atoms with E-state index in [-0.39, 0.29) is 25.7 Å². The van der Waals surface area contributed by atoms with Crippen LogP contribution in [0.15, 0.2) is 12.5 Å². The topological polar surface area (TPSA) is 280 Å². The Balaban J connectivity index is 2.85. The lowest BCUT2D eigenvalue weighted by molar-refractivity contribution is -0.142. The first-order valence-electron chi connectivity index (χ1n) is 10.4. The van der Waals surface area contributed by atoms with E-state index in [0.29, 0.717) is 5.69 Å². The summed E-state index contributed by atoms with van der Waals surface area (Å²) in [5.74, 6) is -6.27. The first-order valence-corrected chi connectivity index (χ1v) is 10.4. The zero-order valence-corrected chi connectivity index (χ0v) is 18.6. The maximum atomic E-state index is 12.7. The van der Waals surface area contributed by atoms with Crippen molar-refractivity contribution in [1.82, 2.24) is 25.9 Å². The number of nitrogens with zero attached hydrogens (tertiary/aromatic N) is 1.